The molecule has 0 saturated carbocycles. The summed E-state index contributed by atoms with van der Waals surface area (Å²) in [6, 6.07) is 6.29. The van der Waals surface area contributed by atoms with Gasteiger partial charge in [0.25, 0.3) is 5.91 Å². The number of nitrogens with zero attached hydrogens (tertiary/aromatic N) is 5. The van der Waals surface area contributed by atoms with Crippen LogP contribution in [0.4, 0.5) is 11.4 Å². The molecular weight excluding hydrogens is 418 g/mol. The lowest BCUT2D eigenvalue weighted by molar-refractivity contribution is 0.102. The van der Waals surface area contributed by atoms with Gasteiger partial charge in [0.2, 0.25) is 0 Å². The number of rotatable bonds is 4. The van der Waals surface area contributed by atoms with Crippen molar-refractivity contribution >= 4 is 34.0 Å². The van der Waals surface area contributed by atoms with Gasteiger partial charge >= 0.3 is 0 Å². The van der Waals surface area contributed by atoms with Crippen molar-refractivity contribution in [3.8, 4) is 5.75 Å². The number of carbonyl (C=O) groups is 1. The third-order valence-corrected chi connectivity index (χ3v) is 5.86. The Hall–Kier alpha value is -3.72. The predicted octanol–water partition coefficient (Wildman–Crippen LogP) is 3.03. The first-order valence-corrected chi connectivity index (χ1v) is 11.0. The maximum Gasteiger partial charge on any atom is 0.257 e. The van der Waals surface area contributed by atoms with Gasteiger partial charge in [-0.1, -0.05) is 0 Å². The van der Waals surface area contributed by atoms with Crippen molar-refractivity contribution in [2.75, 3.05) is 30.4 Å². The molecule has 4 heterocycles. The van der Waals surface area contributed by atoms with E-state index in [2.05, 4.69) is 44.3 Å². The predicted molar refractivity (Wildman–Crippen MR) is 128 cm³/mol. The van der Waals surface area contributed by atoms with E-state index in [4.69, 9.17) is 4.74 Å². The Bertz CT molecular complexity index is 1340. The fourth-order valence-corrected chi connectivity index (χ4v) is 4.61. The van der Waals surface area contributed by atoms with E-state index in [0.29, 0.717) is 40.2 Å². The fraction of sp³-hybridized carbons (Fsp3) is 0.333. The first-order valence-electron chi connectivity index (χ1n) is 11.0. The van der Waals surface area contributed by atoms with Crippen LogP contribution in [0.1, 0.15) is 29.9 Å². The molecule has 9 nitrogen and oxygen atoms in total. The maximum atomic E-state index is 13.3. The van der Waals surface area contributed by atoms with Crippen LogP contribution in [-0.2, 0) is 0 Å². The lowest BCUT2D eigenvalue weighted by Gasteiger charge is -2.38. The summed E-state index contributed by atoms with van der Waals surface area (Å²) < 4.78 is 7.32. The van der Waals surface area contributed by atoms with Crippen molar-refractivity contribution in [2.45, 2.75) is 32.9 Å². The van der Waals surface area contributed by atoms with Crippen LogP contribution in [0.5, 0.6) is 5.75 Å². The van der Waals surface area contributed by atoms with Crippen LogP contribution in [0.15, 0.2) is 43.0 Å². The third kappa shape index (κ3) is 3.95. The molecule has 9 heteroatoms. The molecule has 4 aromatic rings. The van der Waals surface area contributed by atoms with Crippen molar-refractivity contribution in [1.29, 1.82) is 0 Å². The van der Waals surface area contributed by atoms with Gasteiger partial charge in [0.15, 0.2) is 11.4 Å². The number of nitrogens with one attached hydrogen (secondary N) is 2. The summed E-state index contributed by atoms with van der Waals surface area (Å²) in [6.45, 7) is 7.99. The quantitative estimate of drug-likeness (QED) is 0.498. The number of fused-ring (bicyclic) bond motifs is 2. The minimum atomic E-state index is -0.257. The van der Waals surface area contributed by atoms with E-state index in [1.165, 1.54) is 0 Å². The van der Waals surface area contributed by atoms with E-state index in [0.717, 1.165) is 30.0 Å². The number of hydrogen-bond acceptors (Lipinski definition) is 7. The lowest BCUT2D eigenvalue weighted by atomic mass is 10.1. The van der Waals surface area contributed by atoms with Gasteiger partial charge in [-0.05, 0) is 32.9 Å². The van der Waals surface area contributed by atoms with E-state index in [1.54, 1.807) is 25.6 Å². The lowest BCUT2D eigenvalue weighted by Crippen LogP contribution is -2.54. The Labute approximate surface area is 191 Å². The number of ether oxygens (including phenoxy) is 1. The number of aryl methyl sites for hydroxylation is 1. The molecule has 1 amide bonds. The van der Waals surface area contributed by atoms with Crippen LogP contribution in [0, 0.1) is 6.92 Å². The Kier molecular flexibility index (Phi) is 5.33. The normalized spacial score (nSPS) is 18.6. The summed E-state index contributed by atoms with van der Waals surface area (Å²) in [6.07, 6.45) is 7.00. The number of aromatic nitrogens is 4. The first kappa shape index (κ1) is 21.1. The molecule has 2 N–H and O–H groups in total. The van der Waals surface area contributed by atoms with E-state index >= 15 is 0 Å². The number of carbonyl (C=O) groups excluding carboxylic acids is 1. The highest BCUT2D eigenvalue weighted by Gasteiger charge is 2.24. The average Bonchev–Trinajstić information content (AvgIpc) is 3.17. The molecule has 5 rings (SSSR count). The number of methoxy groups -OCH3 is 1. The molecule has 1 fully saturated rings. The molecule has 0 unspecified atom stereocenters. The number of hydrogen-bond donors (Lipinski definition) is 2. The first-order chi connectivity index (χ1) is 15.9. The highest BCUT2D eigenvalue weighted by molar-refractivity contribution is 6.13. The SMILES string of the molecule is COc1cc(NC(=O)c2ccc(N3C[C@H](C)N[C@@H](C)C3)c3nccnc23)cn2cc(C)nc12. The van der Waals surface area contributed by atoms with Crippen LogP contribution < -0.4 is 20.3 Å². The summed E-state index contributed by atoms with van der Waals surface area (Å²) in [5.41, 5.74) is 4.94. The van der Waals surface area contributed by atoms with E-state index in [-0.39, 0.29) is 5.91 Å². The number of anilines is 2. The van der Waals surface area contributed by atoms with Crippen LogP contribution >= 0.6 is 0 Å². The molecular formula is C24H27N7O2. The molecule has 0 radical (unpaired) electrons. The Morgan fingerprint density at radius 3 is 2.58 bits per heavy atom. The number of amides is 1. The highest BCUT2D eigenvalue weighted by atomic mass is 16.5. The van der Waals surface area contributed by atoms with Crippen molar-refractivity contribution in [3.63, 3.8) is 0 Å². The second kappa shape index (κ2) is 8.32. The molecule has 2 atom stereocenters. The van der Waals surface area contributed by atoms with E-state index < -0.39 is 0 Å². The van der Waals surface area contributed by atoms with Crippen molar-refractivity contribution < 1.29 is 9.53 Å². The van der Waals surface area contributed by atoms with E-state index in [1.807, 2.05) is 35.9 Å². The Morgan fingerprint density at radius 1 is 1.12 bits per heavy atom. The van der Waals surface area contributed by atoms with Gasteiger partial charge < -0.3 is 24.7 Å². The van der Waals surface area contributed by atoms with Gasteiger partial charge in [-0.15, -0.1) is 0 Å². The number of benzene rings is 1. The van der Waals surface area contributed by atoms with Crippen molar-refractivity contribution in [1.82, 2.24) is 24.7 Å². The average molecular weight is 446 g/mol. The van der Waals surface area contributed by atoms with Crippen LogP contribution in [-0.4, -0.2) is 57.5 Å². The van der Waals surface area contributed by atoms with E-state index in [9.17, 15) is 4.79 Å². The molecule has 0 spiro atoms. The minimum Gasteiger partial charge on any atom is -0.493 e. The Balaban J connectivity index is 1.50. The molecule has 33 heavy (non-hydrogen) atoms. The maximum absolute atomic E-state index is 13.3. The summed E-state index contributed by atoms with van der Waals surface area (Å²) in [5.74, 6) is 0.329. The Morgan fingerprint density at radius 2 is 1.85 bits per heavy atom. The zero-order valence-corrected chi connectivity index (χ0v) is 19.2. The molecule has 1 saturated heterocycles. The number of piperazine rings is 1. The second-order valence-electron chi connectivity index (χ2n) is 8.62. The van der Waals surface area contributed by atoms with Crippen LogP contribution in [0.2, 0.25) is 0 Å². The smallest absolute Gasteiger partial charge is 0.257 e. The molecule has 1 aliphatic rings. The molecule has 0 bridgehead atoms. The summed E-state index contributed by atoms with van der Waals surface area (Å²) in [4.78, 5) is 29.2. The van der Waals surface area contributed by atoms with Gasteiger partial charge in [-0.25, -0.2) is 4.98 Å². The van der Waals surface area contributed by atoms with Gasteiger partial charge in [0.05, 0.1) is 29.7 Å². The molecule has 170 valence electrons. The summed E-state index contributed by atoms with van der Waals surface area (Å²) in [5, 5.41) is 6.53. The molecule has 1 aliphatic heterocycles. The van der Waals surface area contributed by atoms with Crippen molar-refractivity contribution in [3.05, 3.63) is 54.2 Å². The highest BCUT2D eigenvalue weighted by Crippen LogP contribution is 2.29. The third-order valence-electron chi connectivity index (χ3n) is 5.86. The number of pyridine rings is 1. The van der Waals surface area contributed by atoms with Crippen LogP contribution in [0.3, 0.4) is 0 Å². The molecule has 1 aromatic carbocycles. The zero-order chi connectivity index (χ0) is 23.1. The monoisotopic (exact) mass is 445 g/mol. The fourth-order valence-electron chi connectivity index (χ4n) is 4.61. The zero-order valence-electron chi connectivity index (χ0n) is 19.2. The number of imidazole rings is 1. The standard InChI is InChI=1S/C24H27N7O2/c1-14-10-30(11-15(2)27-14)19-6-5-18(21-22(19)26-8-7-25-21)24(32)29-17-9-20(33-4)23-28-16(3)12-31(23)13-17/h5-9,12-15,27H,10-11H2,1-4H3,(H,29,32)/t14-,15-/m0/s1. The van der Waals surface area contributed by atoms with Gasteiger partial charge in [0, 0.05) is 56.0 Å². The topological polar surface area (TPSA) is 96.7 Å². The minimum absolute atomic E-state index is 0.257. The molecule has 0 aliphatic carbocycles. The summed E-state index contributed by atoms with van der Waals surface area (Å²) >= 11 is 0. The van der Waals surface area contributed by atoms with Crippen molar-refractivity contribution in [2.24, 2.45) is 0 Å². The summed E-state index contributed by atoms with van der Waals surface area (Å²) in [7, 11) is 1.59. The van der Waals surface area contributed by atoms with Gasteiger partial charge in [0.1, 0.15) is 11.0 Å². The van der Waals surface area contributed by atoms with Gasteiger partial charge in [-0.3, -0.25) is 14.8 Å². The second-order valence-corrected chi connectivity index (χ2v) is 8.62. The largest absolute Gasteiger partial charge is 0.493 e. The molecule has 3 aromatic heterocycles. The van der Waals surface area contributed by atoms with Crippen LogP contribution in [0.25, 0.3) is 16.7 Å². The van der Waals surface area contributed by atoms with Gasteiger partial charge in [-0.2, -0.15) is 0 Å².